The number of aryl methyl sites for hydroxylation is 2. The fraction of sp³-hybridized carbons (Fsp3) is 0.480. The van der Waals surface area contributed by atoms with Crippen LogP contribution in [-0.4, -0.2) is 60.0 Å². The lowest BCUT2D eigenvalue weighted by molar-refractivity contribution is -0.137. The molecular weight excluding hydrogens is 884 g/mol. The molecule has 4 N–H and O–H groups in total. The Balaban J connectivity index is 0.000000201. The zero-order chi connectivity index (χ0) is 48.4. The van der Waals surface area contributed by atoms with Crippen LogP contribution in [0.1, 0.15) is 154 Å². The number of pyridine rings is 2. The van der Waals surface area contributed by atoms with Gasteiger partial charge in [0.1, 0.15) is 5.75 Å². The minimum absolute atomic E-state index is 0.0847. The number of alkyl halides is 5. The molecule has 2 aromatic carbocycles. The third-order valence-corrected chi connectivity index (χ3v) is 12.9. The quantitative estimate of drug-likeness (QED) is 0.0695. The van der Waals surface area contributed by atoms with Crippen LogP contribution < -0.4 is 26.0 Å². The van der Waals surface area contributed by atoms with E-state index in [0.717, 1.165) is 84.0 Å². The van der Waals surface area contributed by atoms with E-state index in [2.05, 4.69) is 46.2 Å². The average Bonchev–Trinajstić information content (AvgIpc) is 3.98. The highest BCUT2D eigenvalue weighted by molar-refractivity contribution is 6.07. The molecule has 13 nitrogen and oxygen atoms in total. The smallest absolute Gasteiger partial charge is 0.416 e. The molecule has 6 aromatic rings. The number of benzene rings is 2. The van der Waals surface area contributed by atoms with Gasteiger partial charge in [0.2, 0.25) is 0 Å². The second kappa shape index (κ2) is 22.6. The van der Waals surface area contributed by atoms with Gasteiger partial charge in [0.25, 0.3) is 11.8 Å². The SMILES string of the molecule is CCC(NC(=O)c1cnc2c(cnn2CC)c1NC1CCCCC1)c1ccc(C(F)(F)F)cc1.CCC(NC(=O)c1cnc2c(cnn2CC)c1NC1CCCCC1)c1ccc(OC(F)F)cc1. The number of amides is 2. The molecule has 2 atom stereocenters. The molecule has 0 radical (unpaired) electrons. The summed E-state index contributed by atoms with van der Waals surface area (Å²) in [5.41, 5.74) is 4.57. The maximum atomic E-state index is 13.4. The Morgan fingerprint density at radius 2 is 1.04 bits per heavy atom. The molecule has 8 rings (SSSR count). The first kappa shape index (κ1) is 49.6. The molecule has 2 saturated carbocycles. The zero-order valence-corrected chi connectivity index (χ0v) is 39.0. The minimum Gasteiger partial charge on any atom is -0.435 e. The Hall–Kier alpha value is -6.33. The molecular formula is C50H61F5N10O3. The largest absolute Gasteiger partial charge is 0.435 e. The lowest BCUT2D eigenvalue weighted by Gasteiger charge is -2.26. The summed E-state index contributed by atoms with van der Waals surface area (Å²) < 4.78 is 71.7. The maximum absolute atomic E-state index is 13.4. The molecule has 2 amide bonds. The highest BCUT2D eigenvalue weighted by Gasteiger charge is 2.31. The molecule has 18 heteroatoms. The van der Waals surface area contributed by atoms with Crippen molar-refractivity contribution in [3.63, 3.8) is 0 Å². The molecule has 0 spiro atoms. The molecule has 2 aliphatic carbocycles. The van der Waals surface area contributed by atoms with Crippen molar-refractivity contribution >= 4 is 45.3 Å². The first-order valence-electron chi connectivity index (χ1n) is 23.9. The van der Waals surface area contributed by atoms with Crippen molar-refractivity contribution in [2.24, 2.45) is 0 Å². The van der Waals surface area contributed by atoms with Crippen LogP contribution in [0.4, 0.5) is 33.3 Å². The van der Waals surface area contributed by atoms with E-state index >= 15 is 0 Å². The number of anilines is 2. The van der Waals surface area contributed by atoms with Gasteiger partial charge in [-0.2, -0.15) is 32.1 Å². The topological polar surface area (TPSA) is 153 Å². The highest BCUT2D eigenvalue weighted by atomic mass is 19.4. The van der Waals surface area contributed by atoms with Gasteiger partial charge in [0.15, 0.2) is 11.3 Å². The van der Waals surface area contributed by atoms with Crippen molar-refractivity contribution < 1.29 is 36.3 Å². The van der Waals surface area contributed by atoms with Gasteiger partial charge in [-0.1, -0.05) is 76.6 Å². The maximum Gasteiger partial charge on any atom is 0.416 e. The average molecular weight is 945 g/mol. The number of ether oxygens (including phenoxy) is 1. The van der Waals surface area contributed by atoms with Crippen molar-refractivity contribution in [1.82, 2.24) is 40.2 Å². The van der Waals surface area contributed by atoms with Gasteiger partial charge in [-0.15, -0.1) is 0 Å². The van der Waals surface area contributed by atoms with Gasteiger partial charge < -0.3 is 26.0 Å². The first-order chi connectivity index (χ1) is 32.8. The lowest BCUT2D eigenvalue weighted by Crippen LogP contribution is -2.30. The number of carbonyl (C=O) groups is 2. The monoisotopic (exact) mass is 944 g/mol. The van der Waals surface area contributed by atoms with Crippen LogP contribution in [0.25, 0.3) is 22.1 Å². The summed E-state index contributed by atoms with van der Waals surface area (Å²) in [5.74, 6) is -0.470. The third kappa shape index (κ3) is 11.8. The second-order valence-electron chi connectivity index (χ2n) is 17.4. The number of rotatable bonds is 16. The summed E-state index contributed by atoms with van der Waals surface area (Å²) >= 11 is 0. The van der Waals surface area contributed by atoms with Gasteiger partial charge in [0.05, 0.1) is 63.3 Å². The first-order valence-corrected chi connectivity index (χ1v) is 23.9. The summed E-state index contributed by atoms with van der Waals surface area (Å²) in [7, 11) is 0. The van der Waals surface area contributed by atoms with Gasteiger partial charge in [-0.05, 0) is 87.8 Å². The van der Waals surface area contributed by atoms with E-state index in [1.807, 2.05) is 32.4 Å². The summed E-state index contributed by atoms with van der Waals surface area (Å²) in [5, 5.41) is 23.8. The lowest BCUT2D eigenvalue weighted by atomic mass is 9.95. The van der Waals surface area contributed by atoms with E-state index in [0.29, 0.717) is 54.3 Å². The minimum atomic E-state index is -4.40. The molecule has 0 saturated heterocycles. The molecule has 364 valence electrons. The predicted molar refractivity (Wildman–Crippen MR) is 253 cm³/mol. The fourth-order valence-electron chi connectivity index (χ4n) is 9.17. The Morgan fingerprint density at radius 3 is 1.41 bits per heavy atom. The van der Waals surface area contributed by atoms with E-state index in [1.165, 1.54) is 49.9 Å². The standard InChI is InChI=1S/C25H30F3N5O.C25H31F2N5O2/c1-3-21(16-10-12-17(13-11-16)25(26,27)28)32-24(34)20-14-29-23-19(15-30-33(23)4-2)22(20)31-18-8-6-5-7-9-18;1-3-21(16-10-12-18(13-11-16)34-25(26)27)31-24(33)20-14-28-23-19(15-29-32(23)4-2)22(20)30-17-8-6-5-7-9-17/h10-15,18,21H,3-9H2,1-2H3,(H,29,31)(H,32,34);10-15,17,21,25H,3-9H2,1-2H3,(H,28,30)(H,31,33). The van der Waals surface area contributed by atoms with Crippen molar-refractivity contribution in [2.45, 2.75) is 155 Å². The number of nitrogens with one attached hydrogen (secondary N) is 4. The molecule has 4 aromatic heterocycles. The number of nitrogens with zero attached hydrogens (tertiary/aromatic N) is 6. The van der Waals surface area contributed by atoms with E-state index < -0.39 is 24.4 Å². The van der Waals surface area contributed by atoms with Crippen molar-refractivity contribution in [3.8, 4) is 5.75 Å². The number of hydrogen-bond acceptors (Lipinski definition) is 9. The molecule has 0 aliphatic heterocycles. The van der Waals surface area contributed by atoms with Crippen molar-refractivity contribution in [2.75, 3.05) is 10.6 Å². The van der Waals surface area contributed by atoms with Gasteiger partial charge in [0, 0.05) is 37.6 Å². The van der Waals surface area contributed by atoms with Gasteiger partial charge in [-0.25, -0.2) is 19.3 Å². The van der Waals surface area contributed by atoms with Gasteiger partial charge in [-0.3, -0.25) is 9.59 Å². The summed E-state index contributed by atoms with van der Waals surface area (Å²) in [4.78, 5) is 35.9. The molecule has 2 unspecified atom stereocenters. The van der Waals surface area contributed by atoms with E-state index in [-0.39, 0.29) is 29.6 Å². The van der Waals surface area contributed by atoms with Crippen LogP contribution in [0.5, 0.6) is 5.75 Å². The van der Waals surface area contributed by atoms with E-state index in [4.69, 9.17) is 0 Å². The Kier molecular flexibility index (Phi) is 16.5. The van der Waals surface area contributed by atoms with Crippen LogP contribution in [0.3, 0.4) is 0 Å². The van der Waals surface area contributed by atoms with Crippen molar-refractivity contribution in [3.05, 3.63) is 101 Å². The summed E-state index contributed by atoms with van der Waals surface area (Å²) in [6, 6.07) is 11.2. The number of carbonyl (C=O) groups excluding carboxylic acids is 2. The number of fused-ring (bicyclic) bond motifs is 2. The summed E-state index contributed by atoms with van der Waals surface area (Å²) in [6.45, 7) is 6.32. The summed E-state index contributed by atoms with van der Waals surface area (Å²) in [6.07, 6.45) is 14.8. The second-order valence-corrected chi connectivity index (χ2v) is 17.4. The number of hydrogen-bond donors (Lipinski definition) is 4. The highest BCUT2D eigenvalue weighted by Crippen LogP contribution is 2.34. The molecule has 2 aliphatic rings. The van der Waals surface area contributed by atoms with Crippen LogP contribution in [0.15, 0.2) is 73.3 Å². The van der Waals surface area contributed by atoms with Crippen LogP contribution in [-0.2, 0) is 19.3 Å². The number of halogens is 5. The molecule has 4 heterocycles. The normalized spacial score (nSPS) is 15.7. The third-order valence-electron chi connectivity index (χ3n) is 12.9. The zero-order valence-electron chi connectivity index (χ0n) is 39.0. The molecule has 0 bridgehead atoms. The van der Waals surface area contributed by atoms with Crippen LogP contribution in [0.2, 0.25) is 0 Å². The predicted octanol–water partition coefficient (Wildman–Crippen LogP) is 11.8. The van der Waals surface area contributed by atoms with E-state index in [9.17, 15) is 31.5 Å². The Labute approximate surface area is 393 Å². The molecule has 2 fully saturated rings. The van der Waals surface area contributed by atoms with Crippen molar-refractivity contribution in [1.29, 1.82) is 0 Å². The Morgan fingerprint density at radius 1 is 0.632 bits per heavy atom. The number of aromatic nitrogens is 6. The fourth-order valence-corrected chi connectivity index (χ4v) is 9.17. The van der Waals surface area contributed by atoms with Crippen LogP contribution in [0, 0.1) is 0 Å². The Bertz CT molecular complexity index is 2600. The van der Waals surface area contributed by atoms with Crippen LogP contribution >= 0.6 is 0 Å². The van der Waals surface area contributed by atoms with Gasteiger partial charge >= 0.3 is 12.8 Å². The molecule has 68 heavy (non-hydrogen) atoms. The van der Waals surface area contributed by atoms with E-state index in [1.54, 1.807) is 41.6 Å².